The maximum Gasteiger partial charge on any atom is 0.328 e. The molecule has 0 fully saturated rings. The van der Waals surface area contributed by atoms with Crippen molar-refractivity contribution in [1.82, 2.24) is 15.1 Å². The number of aryl methyl sites for hydroxylation is 1. The Morgan fingerprint density at radius 2 is 1.58 bits per heavy atom. The number of carbonyl (C=O) groups excluding carboxylic acids is 2. The number of hydrogen-bond acceptors (Lipinski definition) is 6. The normalized spacial score (nSPS) is 11.5. The molecule has 1 heterocycles. The van der Waals surface area contributed by atoms with Crippen molar-refractivity contribution in [3.8, 4) is 28.4 Å². The van der Waals surface area contributed by atoms with E-state index in [-0.39, 0.29) is 5.69 Å². The van der Waals surface area contributed by atoms with E-state index in [0.29, 0.717) is 41.3 Å². The Labute approximate surface area is 220 Å². The molecule has 0 aliphatic rings. The molecule has 1 aromatic heterocycles. The molecule has 0 aliphatic carbocycles. The Morgan fingerprint density at radius 1 is 0.921 bits per heavy atom. The van der Waals surface area contributed by atoms with Crippen molar-refractivity contribution < 1.29 is 28.2 Å². The second kappa shape index (κ2) is 12.1. The molecule has 1 N–H and O–H groups in total. The summed E-state index contributed by atoms with van der Waals surface area (Å²) in [7, 11) is 4.33. The van der Waals surface area contributed by atoms with Crippen molar-refractivity contribution in [2.24, 2.45) is 0 Å². The van der Waals surface area contributed by atoms with Crippen LogP contribution in [-0.2, 0) is 16.0 Å². The van der Waals surface area contributed by atoms with Gasteiger partial charge in [0.2, 0.25) is 0 Å². The van der Waals surface area contributed by atoms with Gasteiger partial charge in [0.1, 0.15) is 23.4 Å². The highest BCUT2D eigenvalue weighted by atomic mass is 19.1. The zero-order chi connectivity index (χ0) is 27.1. The molecule has 38 heavy (non-hydrogen) atoms. The van der Waals surface area contributed by atoms with Crippen LogP contribution in [0, 0.1) is 5.82 Å². The Hall–Kier alpha value is -4.66. The van der Waals surface area contributed by atoms with Gasteiger partial charge in [-0.05, 0) is 60.9 Å². The number of esters is 1. The SMILES string of the molecule is COC(=O)[C@H](CCc1ccccc1)NC(=O)c1cc(-c2c(OC)cccc2OC)n(-c2ccc(F)cc2)n1. The summed E-state index contributed by atoms with van der Waals surface area (Å²) in [6.07, 6.45) is 0.906. The molecule has 1 atom stereocenters. The molecule has 0 radical (unpaired) electrons. The fourth-order valence-corrected chi connectivity index (χ4v) is 4.13. The van der Waals surface area contributed by atoms with Gasteiger partial charge in [0.25, 0.3) is 5.91 Å². The Morgan fingerprint density at radius 3 is 2.18 bits per heavy atom. The highest BCUT2D eigenvalue weighted by Crippen LogP contribution is 2.39. The predicted molar refractivity (Wildman–Crippen MR) is 140 cm³/mol. The first-order valence-corrected chi connectivity index (χ1v) is 11.9. The third kappa shape index (κ3) is 5.83. The van der Waals surface area contributed by atoms with Gasteiger partial charge in [-0.1, -0.05) is 36.4 Å². The van der Waals surface area contributed by atoms with Gasteiger partial charge in [0.05, 0.1) is 38.3 Å². The molecule has 0 saturated carbocycles. The lowest BCUT2D eigenvalue weighted by Crippen LogP contribution is -2.42. The minimum absolute atomic E-state index is 0.0471. The maximum atomic E-state index is 13.7. The first-order valence-electron chi connectivity index (χ1n) is 11.9. The number of benzene rings is 3. The number of ether oxygens (including phenoxy) is 3. The van der Waals surface area contributed by atoms with Crippen LogP contribution < -0.4 is 14.8 Å². The molecule has 1 amide bonds. The number of rotatable bonds is 10. The molecule has 3 aromatic carbocycles. The molecule has 0 saturated heterocycles. The van der Waals surface area contributed by atoms with Crippen LogP contribution in [0.15, 0.2) is 78.9 Å². The van der Waals surface area contributed by atoms with Crippen molar-refractivity contribution in [3.05, 3.63) is 95.9 Å². The van der Waals surface area contributed by atoms with E-state index in [1.165, 1.54) is 38.1 Å². The lowest BCUT2D eigenvalue weighted by atomic mass is 10.0. The summed E-state index contributed by atoms with van der Waals surface area (Å²) in [4.78, 5) is 25.8. The fourth-order valence-electron chi connectivity index (χ4n) is 4.13. The van der Waals surface area contributed by atoms with Crippen LogP contribution in [0.3, 0.4) is 0 Å². The van der Waals surface area contributed by atoms with E-state index >= 15 is 0 Å². The molecule has 0 bridgehead atoms. The van der Waals surface area contributed by atoms with Gasteiger partial charge in [-0.2, -0.15) is 5.10 Å². The second-order valence-electron chi connectivity index (χ2n) is 8.41. The highest BCUT2D eigenvalue weighted by molar-refractivity contribution is 5.96. The van der Waals surface area contributed by atoms with E-state index in [2.05, 4.69) is 10.4 Å². The summed E-state index contributed by atoms with van der Waals surface area (Å²) in [5.41, 5.74) is 2.63. The number of amides is 1. The lowest BCUT2D eigenvalue weighted by molar-refractivity contribution is -0.143. The quantitative estimate of drug-likeness (QED) is 0.309. The van der Waals surface area contributed by atoms with Gasteiger partial charge in [-0.15, -0.1) is 0 Å². The molecule has 4 aromatic rings. The Kier molecular flexibility index (Phi) is 8.37. The van der Waals surface area contributed by atoms with Crippen LogP contribution in [-0.4, -0.2) is 49.0 Å². The third-order valence-corrected chi connectivity index (χ3v) is 6.05. The third-order valence-electron chi connectivity index (χ3n) is 6.05. The largest absolute Gasteiger partial charge is 0.496 e. The van der Waals surface area contributed by atoms with E-state index in [1.807, 2.05) is 30.3 Å². The van der Waals surface area contributed by atoms with Crippen LogP contribution in [0.5, 0.6) is 11.5 Å². The first-order chi connectivity index (χ1) is 18.4. The van der Waals surface area contributed by atoms with Crippen LogP contribution in [0.25, 0.3) is 16.9 Å². The zero-order valence-corrected chi connectivity index (χ0v) is 21.3. The van der Waals surface area contributed by atoms with Crippen LogP contribution >= 0.6 is 0 Å². The zero-order valence-electron chi connectivity index (χ0n) is 21.3. The van der Waals surface area contributed by atoms with Gasteiger partial charge < -0.3 is 19.5 Å². The number of nitrogens with one attached hydrogen (secondary N) is 1. The smallest absolute Gasteiger partial charge is 0.328 e. The number of nitrogens with zero attached hydrogens (tertiary/aromatic N) is 2. The van der Waals surface area contributed by atoms with Crippen molar-refractivity contribution in [3.63, 3.8) is 0 Å². The molecule has 196 valence electrons. The van der Waals surface area contributed by atoms with Crippen molar-refractivity contribution in [2.75, 3.05) is 21.3 Å². The summed E-state index contributed by atoms with van der Waals surface area (Å²) in [6, 6.07) is 21.3. The van der Waals surface area contributed by atoms with E-state index in [1.54, 1.807) is 36.4 Å². The number of aromatic nitrogens is 2. The van der Waals surface area contributed by atoms with Crippen LogP contribution in [0.4, 0.5) is 4.39 Å². The monoisotopic (exact) mass is 517 g/mol. The molecule has 0 spiro atoms. The molecular weight excluding hydrogens is 489 g/mol. The summed E-state index contributed by atoms with van der Waals surface area (Å²) in [5, 5.41) is 7.26. The van der Waals surface area contributed by atoms with E-state index in [4.69, 9.17) is 14.2 Å². The average Bonchev–Trinajstić information content (AvgIpc) is 3.40. The van der Waals surface area contributed by atoms with E-state index < -0.39 is 23.7 Å². The Balaban J connectivity index is 1.71. The molecular formula is C29H28FN3O5. The lowest BCUT2D eigenvalue weighted by Gasteiger charge is -2.15. The molecule has 9 heteroatoms. The Bertz CT molecular complexity index is 1380. The van der Waals surface area contributed by atoms with E-state index in [0.717, 1.165) is 5.56 Å². The molecule has 0 aliphatic heterocycles. The number of carbonyl (C=O) groups is 2. The average molecular weight is 518 g/mol. The summed E-state index contributed by atoms with van der Waals surface area (Å²) in [6.45, 7) is 0. The second-order valence-corrected chi connectivity index (χ2v) is 8.41. The number of methoxy groups -OCH3 is 3. The minimum Gasteiger partial charge on any atom is -0.496 e. The van der Waals surface area contributed by atoms with Gasteiger partial charge >= 0.3 is 5.97 Å². The topological polar surface area (TPSA) is 91.7 Å². The summed E-state index contributed by atoms with van der Waals surface area (Å²) >= 11 is 0. The fraction of sp³-hybridized carbons (Fsp3) is 0.207. The van der Waals surface area contributed by atoms with Crippen LogP contribution in [0.2, 0.25) is 0 Å². The van der Waals surface area contributed by atoms with Gasteiger partial charge in [-0.3, -0.25) is 4.79 Å². The van der Waals surface area contributed by atoms with Crippen LogP contribution in [0.1, 0.15) is 22.5 Å². The van der Waals surface area contributed by atoms with Gasteiger partial charge in [-0.25, -0.2) is 13.9 Å². The number of halogens is 1. The van der Waals surface area contributed by atoms with Crippen molar-refractivity contribution >= 4 is 11.9 Å². The highest BCUT2D eigenvalue weighted by Gasteiger charge is 2.26. The molecule has 8 nitrogen and oxygen atoms in total. The summed E-state index contributed by atoms with van der Waals surface area (Å²) in [5.74, 6) is -0.539. The first kappa shape index (κ1) is 26.4. The summed E-state index contributed by atoms with van der Waals surface area (Å²) < 4.78 is 31.2. The maximum absolute atomic E-state index is 13.7. The minimum atomic E-state index is -0.882. The predicted octanol–water partition coefficient (Wildman–Crippen LogP) is 4.60. The van der Waals surface area contributed by atoms with E-state index in [9.17, 15) is 14.0 Å². The van der Waals surface area contributed by atoms with Crippen molar-refractivity contribution in [2.45, 2.75) is 18.9 Å². The van der Waals surface area contributed by atoms with Gasteiger partial charge in [0.15, 0.2) is 5.69 Å². The number of hydrogen-bond donors (Lipinski definition) is 1. The molecule has 4 rings (SSSR count). The molecule has 0 unspecified atom stereocenters. The standard InChI is InChI=1S/C29H28FN3O5/c1-36-25-10-7-11-26(37-2)27(25)24-18-23(32-33(24)21-15-13-20(30)14-16-21)28(34)31-22(29(35)38-3)17-12-19-8-5-4-6-9-19/h4-11,13-16,18,22H,12,17H2,1-3H3,(H,31,34)/t22-/m0/s1. The van der Waals surface area contributed by atoms with Crippen molar-refractivity contribution in [1.29, 1.82) is 0 Å². The van der Waals surface area contributed by atoms with Gasteiger partial charge in [0, 0.05) is 0 Å².